The van der Waals surface area contributed by atoms with Gasteiger partial charge in [-0.3, -0.25) is 0 Å². The number of hydrogen-bond donors (Lipinski definition) is 1. The van der Waals surface area contributed by atoms with E-state index in [1.54, 1.807) is 26.0 Å². The first-order chi connectivity index (χ1) is 15.1. The minimum Gasteiger partial charge on any atom is -0.465 e. The van der Waals surface area contributed by atoms with Crippen LogP contribution in [-0.4, -0.2) is 51.0 Å². The highest BCUT2D eigenvalue weighted by Crippen LogP contribution is 2.29. The molecule has 0 aliphatic rings. The van der Waals surface area contributed by atoms with E-state index >= 15 is 0 Å². The van der Waals surface area contributed by atoms with E-state index in [1.165, 1.54) is 12.1 Å². The van der Waals surface area contributed by atoms with Crippen molar-refractivity contribution in [2.75, 3.05) is 13.2 Å². The fourth-order valence-electron chi connectivity index (χ4n) is 3.38. The maximum absolute atomic E-state index is 13.0. The molecule has 1 rings (SSSR count). The molecule has 33 heavy (non-hydrogen) atoms. The lowest BCUT2D eigenvalue weighted by Crippen LogP contribution is -2.45. The highest BCUT2D eigenvalue weighted by atomic mass is 32.2. The van der Waals surface area contributed by atoms with Crippen LogP contribution in [0.2, 0.25) is 0 Å². The summed E-state index contributed by atoms with van der Waals surface area (Å²) in [5.74, 6) is 0.773. The third-order valence-corrected chi connectivity index (χ3v) is 5.79. The number of rotatable bonds is 10. The maximum Gasteiger partial charge on any atom is 0.345 e. The zero-order chi connectivity index (χ0) is 25.4. The number of aryl methyl sites for hydroxylation is 1. The Kier molecular flexibility index (Phi) is 10.0. The minimum atomic E-state index is -4.18. The molecule has 0 unspecified atom stereocenters. The van der Waals surface area contributed by atoms with Crippen molar-refractivity contribution >= 4 is 27.8 Å². The van der Waals surface area contributed by atoms with Crippen molar-refractivity contribution in [3.63, 3.8) is 0 Å². The Balaban J connectivity index is 3.58. The molecule has 1 aromatic carbocycles. The molecule has 0 radical (unpaired) electrons. The lowest BCUT2D eigenvalue weighted by atomic mass is 9.82. The Morgan fingerprint density at radius 1 is 1.03 bits per heavy atom. The fraction of sp³-hybridized carbons (Fsp3) is 0.583. The topological polar surface area (TPSA) is 111 Å². The zero-order valence-electron chi connectivity index (χ0n) is 20.8. The average molecular weight is 481 g/mol. The molecule has 184 valence electrons. The van der Waals surface area contributed by atoms with Crippen molar-refractivity contribution in [3.8, 4) is 0 Å². The Morgan fingerprint density at radius 2 is 1.58 bits per heavy atom. The summed E-state index contributed by atoms with van der Waals surface area (Å²) in [5.41, 5.74) is -0.193. The standard InChI is InChI=1S/C24H36N2O6S/c1-9-31-21(27)19(15-25-24(7,8)16-23(4,5)6)20(22(28)32-10-2)26-33(29,30)18-13-11-17(3)12-14-18/h11-14,20,26H,9-10,16H2,1-8H3/t20-/m0/s1. The largest absolute Gasteiger partial charge is 0.465 e. The highest BCUT2D eigenvalue weighted by Gasteiger charge is 2.35. The summed E-state index contributed by atoms with van der Waals surface area (Å²) in [5, 5.41) is 0. The van der Waals surface area contributed by atoms with Gasteiger partial charge in [-0.2, -0.15) is 4.72 Å². The number of benzene rings is 1. The molecule has 1 N–H and O–H groups in total. The summed E-state index contributed by atoms with van der Waals surface area (Å²) >= 11 is 0. The number of sulfonamides is 1. The fourth-order valence-corrected chi connectivity index (χ4v) is 4.53. The van der Waals surface area contributed by atoms with E-state index in [4.69, 9.17) is 9.47 Å². The van der Waals surface area contributed by atoms with Gasteiger partial charge in [-0.05, 0) is 64.5 Å². The van der Waals surface area contributed by atoms with Crippen molar-refractivity contribution in [2.24, 2.45) is 10.4 Å². The first-order valence-corrected chi connectivity index (χ1v) is 12.4. The van der Waals surface area contributed by atoms with Gasteiger partial charge in [-0.25, -0.2) is 23.0 Å². The van der Waals surface area contributed by atoms with Gasteiger partial charge in [-0.1, -0.05) is 38.5 Å². The summed E-state index contributed by atoms with van der Waals surface area (Å²) in [6, 6.07) is 4.41. The molecule has 0 heterocycles. The number of ether oxygens (including phenoxy) is 2. The van der Waals surface area contributed by atoms with Gasteiger partial charge in [0, 0.05) is 0 Å². The molecule has 9 heteroatoms. The number of nitrogens with one attached hydrogen (secondary N) is 1. The second kappa shape index (κ2) is 11.6. The number of carbonyl (C=O) groups is 2. The van der Waals surface area contributed by atoms with Gasteiger partial charge in [-0.15, -0.1) is 0 Å². The Morgan fingerprint density at radius 3 is 2.06 bits per heavy atom. The zero-order valence-corrected chi connectivity index (χ0v) is 21.6. The number of nitrogens with zero attached hydrogens (tertiary/aromatic N) is 1. The smallest absolute Gasteiger partial charge is 0.345 e. The molecule has 0 aromatic heterocycles. The molecular weight excluding hydrogens is 444 g/mol. The van der Waals surface area contributed by atoms with Crippen LogP contribution in [0.15, 0.2) is 39.7 Å². The van der Waals surface area contributed by atoms with Crippen LogP contribution in [0.4, 0.5) is 0 Å². The summed E-state index contributed by atoms with van der Waals surface area (Å²) in [4.78, 5) is 29.8. The van der Waals surface area contributed by atoms with E-state index in [1.807, 2.05) is 20.8 Å². The van der Waals surface area contributed by atoms with Crippen LogP contribution in [0.3, 0.4) is 0 Å². The predicted molar refractivity (Wildman–Crippen MR) is 128 cm³/mol. The SMILES string of the molecule is CCOC(=O)C(=C=NC(C)(C)CC(C)(C)C)[C@H](NS(=O)(=O)c1ccc(C)cc1)C(=O)OCC. The molecule has 0 saturated carbocycles. The second-order valence-electron chi connectivity index (χ2n) is 9.53. The first-order valence-electron chi connectivity index (χ1n) is 10.9. The van der Waals surface area contributed by atoms with Crippen LogP contribution in [0.25, 0.3) is 0 Å². The van der Waals surface area contributed by atoms with Crippen LogP contribution in [-0.2, 0) is 29.1 Å². The van der Waals surface area contributed by atoms with Crippen LogP contribution in [0.5, 0.6) is 0 Å². The molecule has 8 nitrogen and oxygen atoms in total. The molecule has 0 amide bonds. The third kappa shape index (κ3) is 9.50. The molecule has 0 saturated heterocycles. The number of aliphatic imine (C=N–C) groups is 1. The second-order valence-corrected chi connectivity index (χ2v) is 11.2. The van der Waals surface area contributed by atoms with E-state index in [-0.39, 0.29) is 29.1 Å². The van der Waals surface area contributed by atoms with Crippen molar-refractivity contribution in [2.45, 2.75) is 78.3 Å². The number of hydrogen-bond acceptors (Lipinski definition) is 7. The molecule has 0 spiro atoms. The van der Waals surface area contributed by atoms with Crippen molar-refractivity contribution in [3.05, 3.63) is 35.4 Å². The number of esters is 2. The summed E-state index contributed by atoms with van der Waals surface area (Å²) < 4.78 is 38.4. The lowest BCUT2D eigenvalue weighted by molar-refractivity contribution is -0.147. The van der Waals surface area contributed by atoms with Crippen LogP contribution >= 0.6 is 0 Å². The molecule has 0 fully saturated rings. The summed E-state index contributed by atoms with van der Waals surface area (Å²) in [6.45, 7) is 14.9. The highest BCUT2D eigenvalue weighted by molar-refractivity contribution is 7.89. The van der Waals surface area contributed by atoms with E-state index in [0.29, 0.717) is 6.42 Å². The van der Waals surface area contributed by atoms with E-state index in [0.717, 1.165) is 5.56 Å². The van der Waals surface area contributed by atoms with Crippen molar-refractivity contribution < 1.29 is 27.5 Å². The minimum absolute atomic E-state index is 0.00957. The molecule has 1 aromatic rings. The van der Waals surface area contributed by atoms with Gasteiger partial charge in [0.1, 0.15) is 5.57 Å². The monoisotopic (exact) mass is 480 g/mol. The molecule has 0 bridgehead atoms. The third-order valence-electron chi connectivity index (χ3n) is 4.35. The molecule has 1 atom stereocenters. The van der Waals surface area contributed by atoms with E-state index < -0.39 is 33.5 Å². The molecular formula is C24H36N2O6S. The Hall–Kier alpha value is -2.48. The van der Waals surface area contributed by atoms with Gasteiger partial charge < -0.3 is 9.47 Å². The quantitative estimate of drug-likeness (QED) is 0.311. The van der Waals surface area contributed by atoms with Crippen LogP contribution in [0, 0.1) is 12.3 Å². The van der Waals surface area contributed by atoms with Gasteiger partial charge in [0.05, 0.1) is 23.6 Å². The Labute approximate surface area is 197 Å². The van der Waals surface area contributed by atoms with Crippen LogP contribution < -0.4 is 4.72 Å². The Bertz CT molecular complexity index is 998. The van der Waals surface area contributed by atoms with E-state index in [2.05, 4.69) is 36.4 Å². The van der Waals surface area contributed by atoms with Gasteiger partial charge in [0.15, 0.2) is 6.04 Å². The van der Waals surface area contributed by atoms with Gasteiger partial charge in [0.25, 0.3) is 0 Å². The van der Waals surface area contributed by atoms with Crippen molar-refractivity contribution in [1.29, 1.82) is 0 Å². The normalized spacial score (nSPS) is 13.0. The number of carbonyl (C=O) groups excluding carboxylic acids is 2. The maximum atomic E-state index is 13.0. The first kappa shape index (κ1) is 28.6. The van der Waals surface area contributed by atoms with Crippen LogP contribution in [0.1, 0.15) is 60.5 Å². The lowest BCUT2D eigenvalue weighted by Gasteiger charge is -2.28. The van der Waals surface area contributed by atoms with Gasteiger partial charge >= 0.3 is 11.9 Å². The predicted octanol–water partition coefficient (Wildman–Crippen LogP) is 3.58. The van der Waals surface area contributed by atoms with E-state index in [9.17, 15) is 18.0 Å². The molecule has 0 aliphatic heterocycles. The summed E-state index contributed by atoms with van der Waals surface area (Å²) in [6.07, 6.45) is 0.655. The van der Waals surface area contributed by atoms with Gasteiger partial charge in [0.2, 0.25) is 10.0 Å². The average Bonchev–Trinajstić information content (AvgIpc) is 2.66. The molecule has 0 aliphatic carbocycles. The summed E-state index contributed by atoms with van der Waals surface area (Å²) in [7, 11) is -4.18. The van der Waals surface area contributed by atoms with Crippen molar-refractivity contribution in [1.82, 2.24) is 4.72 Å².